The summed E-state index contributed by atoms with van der Waals surface area (Å²) in [6.07, 6.45) is 7.68. The fourth-order valence-corrected chi connectivity index (χ4v) is 4.79. The highest BCUT2D eigenvalue weighted by Gasteiger charge is 2.24. The van der Waals surface area contributed by atoms with Crippen LogP contribution in [0.15, 0.2) is 35.1 Å². The molecule has 33 heavy (non-hydrogen) atoms. The molecule has 1 aromatic carbocycles. The van der Waals surface area contributed by atoms with E-state index in [4.69, 9.17) is 15.1 Å². The Morgan fingerprint density at radius 3 is 2.97 bits per heavy atom. The largest absolute Gasteiger partial charge is 0.353 e. The van der Waals surface area contributed by atoms with Gasteiger partial charge in [0, 0.05) is 42.2 Å². The van der Waals surface area contributed by atoms with Crippen LogP contribution in [0.25, 0.3) is 27.9 Å². The van der Waals surface area contributed by atoms with Crippen molar-refractivity contribution in [3.63, 3.8) is 0 Å². The number of hydrogen-bond acceptors (Lipinski definition) is 7. The maximum absolute atomic E-state index is 12.5. The first-order valence-corrected chi connectivity index (χ1v) is 12.1. The van der Waals surface area contributed by atoms with Gasteiger partial charge in [0.15, 0.2) is 11.5 Å². The van der Waals surface area contributed by atoms with Crippen molar-refractivity contribution in [3.05, 3.63) is 35.1 Å². The van der Waals surface area contributed by atoms with Crippen molar-refractivity contribution in [1.82, 2.24) is 40.0 Å². The van der Waals surface area contributed by atoms with Gasteiger partial charge < -0.3 is 16.0 Å². The van der Waals surface area contributed by atoms with Gasteiger partial charge in [0.25, 0.3) is 0 Å². The van der Waals surface area contributed by atoms with E-state index in [1.807, 2.05) is 35.3 Å². The SMILES string of the molecule is O=C1NCCNC[C@H]1Nc1nc2c(Br)cccc2c2nc(-c3cnn(CC4CCC4)c3)nn12. The summed E-state index contributed by atoms with van der Waals surface area (Å²) in [4.78, 5) is 22.2. The molecule has 1 aliphatic carbocycles. The number of para-hydroxylation sites is 1. The molecule has 170 valence electrons. The molecule has 0 spiro atoms. The van der Waals surface area contributed by atoms with E-state index in [2.05, 4.69) is 37.0 Å². The van der Waals surface area contributed by atoms with Crippen LogP contribution in [0.1, 0.15) is 19.3 Å². The number of nitrogens with one attached hydrogen (secondary N) is 3. The third kappa shape index (κ3) is 3.84. The third-order valence-corrected chi connectivity index (χ3v) is 7.02. The lowest BCUT2D eigenvalue weighted by atomic mass is 9.85. The van der Waals surface area contributed by atoms with Crippen molar-refractivity contribution < 1.29 is 4.79 Å². The summed E-state index contributed by atoms with van der Waals surface area (Å²) in [7, 11) is 0. The molecule has 3 N–H and O–H groups in total. The highest BCUT2D eigenvalue weighted by molar-refractivity contribution is 9.10. The number of halogens is 1. The van der Waals surface area contributed by atoms with Gasteiger partial charge in [-0.25, -0.2) is 9.97 Å². The topological polar surface area (TPSA) is 114 Å². The van der Waals surface area contributed by atoms with Gasteiger partial charge >= 0.3 is 0 Å². The lowest BCUT2D eigenvalue weighted by Crippen LogP contribution is -2.42. The lowest BCUT2D eigenvalue weighted by molar-refractivity contribution is -0.121. The second kappa shape index (κ2) is 8.38. The lowest BCUT2D eigenvalue weighted by Gasteiger charge is -2.24. The van der Waals surface area contributed by atoms with Crippen LogP contribution in [0.3, 0.4) is 0 Å². The quantitative estimate of drug-likeness (QED) is 0.377. The van der Waals surface area contributed by atoms with Crippen LogP contribution in [0.4, 0.5) is 5.95 Å². The Labute approximate surface area is 198 Å². The van der Waals surface area contributed by atoms with Crippen molar-refractivity contribution in [2.24, 2.45) is 5.92 Å². The molecule has 1 amide bonds. The minimum Gasteiger partial charge on any atom is -0.353 e. The number of benzene rings is 1. The van der Waals surface area contributed by atoms with Gasteiger partial charge in [-0.15, -0.1) is 5.10 Å². The number of carbonyl (C=O) groups is 1. The molecule has 2 aliphatic rings. The summed E-state index contributed by atoms with van der Waals surface area (Å²) in [6, 6.07) is 5.40. The molecule has 11 heteroatoms. The molecule has 0 bridgehead atoms. The van der Waals surface area contributed by atoms with E-state index in [0.717, 1.165) is 34.0 Å². The van der Waals surface area contributed by atoms with E-state index in [9.17, 15) is 4.79 Å². The van der Waals surface area contributed by atoms with Gasteiger partial charge in [-0.1, -0.05) is 12.5 Å². The summed E-state index contributed by atoms with van der Waals surface area (Å²) in [6.45, 7) is 2.76. The molecule has 4 aromatic rings. The molecule has 2 fully saturated rings. The minimum absolute atomic E-state index is 0.0696. The average Bonchev–Trinajstić information content (AvgIpc) is 3.38. The number of hydrogen-bond donors (Lipinski definition) is 3. The molecule has 1 saturated carbocycles. The van der Waals surface area contributed by atoms with Gasteiger partial charge in [0.2, 0.25) is 11.9 Å². The first-order chi connectivity index (χ1) is 16.2. The maximum atomic E-state index is 12.5. The van der Waals surface area contributed by atoms with E-state index >= 15 is 0 Å². The van der Waals surface area contributed by atoms with Crippen LogP contribution >= 0.6 is 15.9 Å². The number of anilines is 1. The van der Waals surface area contributed by atoms with Gasteiger partial charge in [-0.05, 0) is 46.8 Å². The van der Waals surface area contributed by atoms with E-state index in [1.165, 1.54) is 19.3 Å². The number of amides is 1. The molecule has 1 saturated heterocycles. The third-order valence-electron chi connectivity index (χ3n) is 6.38. The summed E-state index contributed by atoms with van der Waals surface area (Å²) < 4.78 is 4.52. The highest BCUT2D eigenvalue weighted by Crippen LogP contribution is 2.30. The summed E-state index contributed by atoms with van der Waals surface area (Å²) in [5, 5.41) is 19.6. The Kier molecular flexibility index (Phi) is 5.22. The van der Waals surface area contributed by atoms with E-state index in [1.54, 1.807) is 4.52 Å². The Morgan fingerprint density at radius 1 is 1.21 bits per heavy atom. The molecule has 0 unspecified atom stereocenters. The Hall–Kier alpha value is -3.05. The van der Waals surface area contributed by atoms with E-state index in [0.29, 0.717) is 36.4 Å². The predicted octanol–water partition coefficient (Wildman–Crippen LogP) is 2.20. The Balaban J connectivity index is 1.43. The zero-order valence-electron chi connectivity index (χ0n) is 18.0. The van der Waals surface area contributed by atoms with Crippen LogP contribution in [0, 0.1) is 5.92 Å². The molecule has 1 atom stereocenters. The first-order valence-electron chi connectivity index (χ1n) is 11.3. The van der Waals surface area contributed by atoms with Crippen molar-refractivity contribution >= 4 is 44.3 Å². The zero-order chi connectivity index (χ0) is 22.4. The van der Waals surface area contributed by atoms with Crippen LogP contribution in [0.2, 0.25) is 0 Å². The molecular weight excluding hydrogens is 486 g/mol. The van der Waals surface area contributed by atoms with Crippen molar-refractivity contribution in [2.75, 3.05) is 25.0 Å². The molecule has 4 heterocycles. The number of nitrogens with zero attached hydrogens (tertiary/aromatic N) is 6. The van der Waals surface area contributed by atoms with Crippen LogP contribution in [0.5, 0.6) is 0 Å². The smallest absolute Gasteiger partial charge is 0.243 e. The average molecular weight is 510 g/mol. The molecule has 0 radical (unpaired) electrons. The van der Waals surface area contributed by atoms with Gasteiger partial charge in [-0.2, -0.15) is 9.61 Å². The molecule has 10 nitrogen and oxygen atoms in total. The Morgan fingerprint density at radius 2 is 2.12 bits per heavy atom. The van der Waals surface area contributed by atoms with Crippen molar-refractivity contribution in [1.29, 1.82) is 0 Å². The zero-order valence-corrected chi connectivity index (χ0v) is 19.5. The number of fused-ring (bicyclic) bond motifs is 3. The second-order valence-corrected chi connectivity index (χ2v) is 9.54. The monoisotopic (exact) mass is 509 g/mol. The first kappa shape index (κ1) is 20.5. The molecular formula is C22H24BrN9O. The van der Waals surface area contributed by atoms with E-state index < -0.39 is 6.04 Å². The summed E-state index contributed by atoms with van der Waals surface area (Å²) in [5.74, 6) is 1.69. The van der Waals surface area contributed by atoms with E-state index in [-0.39, 0.29) is 5.91 Å². The number of rotatable bonds is 5. The van der Waals surface area contributed by atoms with Crippen molar-refractivity contribution in [2.45, 2.75) is 31.8 Å². The van der Waals surface area contributed by atoms with Gasteiger partial charge in [0.1, 0.15) is 6.04 Å². The van der Waals surface area contributed by atoms with Gasteiger partial charge in [-0.3, -0.25) is 9.48 Å². The maximum Gasteiger partial charge on any atom is 0.243 e. The molecule has 1 aliphatic heterocycles. The fraction of sp³-hybridized carbons (Fsp3) is 0.409. The highest BCUT2D eigenvalue weighted by atomic mass is 79.9. The van der Waals surface area contributed by atoms with Gasteiger partial charge in [0.05, 0.1) is 17.3 Å². The standard InChI is InChI=1S/C22H24BrN9O/c23-16-6-2-5-15-18(16)28-22(27-17-10-24-7-8-25-21(17)33)32-20(15)29-19(30-32)14-9-26-31(12-14)11-13-3-1-4-13/h2,5-6,9,12-13,17,24H,1,3-4,7-8,10-11H2,(H,25,33)(H,27,28)/t17-/m1/s1. The Bertz CT molecular complexity index is 1340. The predicted molar refractivity (Wildman–Crippen MR) is 128 cm³/mol. The number of aromatic nitrogens is 6. The molecule has 6 rings (SSSR count). The van der Waals surface area contributed by atoms with Crippen molar-refractivity contribution in [3.8, 4) is 11.4 Å². The van der Waals surface area contributed by atoms with Crippen LogP contribution in [-0.2, 0) is 11.3 Å². The number of carbonyl (C=O) groups excluding carboxylic acids is 1. The summed E-state index contributed by atoms with van der Waals surface area (Å²) >= 11 is 3.60. The van der Waals surface area contributed by atoms with Crippen LogP contribution in [-0.4, -0.2) is 60.9 Å². The summed E-state index contributed by atoms with van der Waals surface area (Å²) in [5.41, 5.74) is 2.29. The minimum atomic E-state index is -0.471. The van der Waals surface area contributed by atoms with Crippen LogP contribution < -0.4 is 16.0 Å². The molecule has 3 aromatic heterocycles. The normalized spacial score (nSPS) is 19.4. The second-order valence-electron chi connectivity index (χ2n) is 8.68. The fourth-order valence-electron chi connectivity index (χ4n) is 4.34.